The van der Waals surface area contributed by atoms with Gasteiger partial charge in [-0.3, -0.25) is 4.79 Å². The Labute approximate surface area is 213 Å². The third-order valence-electron chi connectivity index (χ3n) is 3.75. The first-order chi connectivity index (χ1) is 16.7. The van der Waals surface area contributed by atoms with E-state index in [-0.39, 0.29) is 19.5 Å². The van der Waals surface area contributed by atoms with Gasteiger partial charge in [-0.25, -0.2) is 4.98 Å². The molecule has 1 heterocycles. The number of rotatable bonds is 4. The maximum absolute atomic E-state index is 11.3. The SMILES string of the molecule is C.C#[N+]C.CB(O)Nc1ccccc1N.CNC(=O)Cn1c(C)nc2ccccc21.COC.O=C=O. The second-order valence-corrected chi connectivity index (χ2v) is 6.56. The number of hydrogen-bond donors (Lipinski definition) is 4. The predicted molar refractivity (Wildman–Crippen MR) is 146 cm³/mol. The van der Waals surface area contributed by atoms with Crippen LogP contribution in [0.3, 0.4) is 0 Å². The first-order valence-electron chi connectivity index (χ1n) is 10.3. The molecule has 0 aliphatic heterocycles. The lowest BCUT2D eigenvalue weighted by atomic mass is 9.88. The molecule has 0 aliphatic rings. The third-order valence-corrected chi connectivity index (χ3v) is 3.75. The van der Waals surface area contributed by atoms with E-state index < -0.39 is 7.05 Å². The number of nitrogen functional groups attached to an aromatic ring is 1. The highest BCUT2D eigenvalue weighted by Crippen LogP contribution is 2.16. The summed E-state index contributed by atoms with van der Waals surface area (Å²) in [6.07, 6.45) is 0.250. The van der Waals surface area contributed by atoms with Crippen molar-refractivity contribution < 1.29 is 24.1 Å². The molecule has 5 N–H and O–H groups in total. The Morgan fingerprint density at radius 1 is 1.22 bits per heavy atom. The number of aromatic nitrogens is 2. The lowest BCUT2D eigenvalue weighted by Gasteiger charge is -2.07. The molecule has 2 aromatic carbocycles. The maximum atomic E-state index is 11.3. The number of nitrogens with zero attached hydrogens (tertiary/aromatic N) is 3. The zero-order chi connectivity index (χ0) is 27.2. The van der Waals surface area contributed by atoms with Gasteiger partial charge in [0.05, 0.1) is 16.7 Å². The van der Waals surface area contributed by atoms with Crippen molar-refractivity contribution in [2.45, 2.75) is 27.7 Å². The van der Waals surface area contributed by atoms with Gasteiger partial charge >= 0.3 is 13.2 Å². The minimum absolute atomic E-state index is 0. The molecule has 0 saturated carbocycles. The molecule has 0 saturated heterocycles. The number of ether oxygens (including phenoxy) is 1. The fourth-order valence-corrected chi connectivity index (χ4v) is 2.47. The van der Waals surface area contributed by atoms with E-state index in [1.165, 1.54) is 7.05 Å². The molecule has 0 atom stereocenters. The first kappa shape index (κ1) is 36.4. The molecule has 11 nitrogen and oxygen atoms in total. The van der Waals surface area contributed by atoms with Gasteiger partial charge in [0, 0.05) is 27.0 Å². The number of aryl methyl sites for hydroxylation is 1. The van der Waals surface area contributed by atoms with Crippen LogP contribution in [0.1, 0.15) is 13.3 Å². The van der Waals surface area contributed by atoms with Crippen molar-refractivity contribution in [3.8, 4) is 6.57 Å². The summed E-state index contributed by atoms with van der Waals surface area (Å²) in [7, 11) is 5.84. The Morgan fingerprint density at radius 2 is 1.69 bits per heavy atom. The topological polar surface area (TPSA) is 153 Å². The number of imidazole rings is 1. The number of carbonyl (C=O) groups is 1. The summed E-state index contributed by atoms with van der Waals surface area (Å²) in [5.41, 5.74) is 8.94. The Kier molecular flexibility index (Phi) is 22.9. The number of methoxy groups -OCH3 is 1. The number of nitrogens with two attached hydrogens (primary N) is 1. The average Bonchev–Trinajstić information content (AvgIpc) is 3.12. The molecule has 0 aliphatic carbocycles. The summed E-state index contributed by atoms with van der Waals surface area (Å²) in [6, 6.07) is 15.1. The molecule has 0 spiro atoms. The molecule has 0 radical (unpaired) electrons. The quantitative estimate of drug-likeness (QED) is 0.315. The summed E-state index contributed by atoms with van der Waals surface area (Å²) in [6.45, 7) is 8.35. The highest BCUT2D eigenvalue weighted by Gasteiger charge is 2.08. The highest BCUT2D eigenvalue weighted by molar-refractivity contribution is 6.53. The first-order valence-corrected chi connectivity index (χ1v) is 10.3. The normalized spacial score (nSPS) is 8.17. The van der Waals surface area contributed by atoms with Crippen LogP contribution in [0.2, 0.25) is 6.82 Å². The number of nitrogens with one attached hydrogen (secondary N) is 2. The number of benzene rings is 2. The summed E-state index contributed by atoms with van der Waals surface area (Å²) in [4.78, 5) is 34.9. The Morgan fingerprint density at radius 3 is 2.17 bits per heavy atom. The average molecular weight is 501 g/mol. The molecule has 0 unspecified atom stereocenters. The van der Waals surface area contributed by atoms with E-state index in [1.807, 2.05) is 54.0 Å². The number of fused-ring (bicyclic) bond motifs is 1. The largest absolute Gasteiger partial charge is 0.433 e. The monoisotopic (exact) mass is 501 g/mol. The predicted octanol–water partition coefficient (Wildman–Crippen LogP) is 2.78. The van der Waals surface area contributed by atoms with Gasteiger partial charge in [0.15, 0.2) is 0 Å². The fraction of sp³-hybridized carbons (Fsp3) is 0.333. The fourth-order valence-electron chi connectivity index (χ4n) is 2.47. The molecule has 12 heteroatoms. The molecule has 0 fully saturated rings. The van der Waals surface area contributed by atoms with Crippen molar-refractivity contribution in [3.05, 3.63) is 59.2 Å². The number of hydrogen-bond acceptors (Lipinski definition) is 8. The van der Waals surface area contributed by atoms with Crippen LogP contribution in [0.25, 0.3) is 15.9 Å². The maximum Gasteiger partial charge on any atom is 0.406 e. The summed E-state index contributed by atoms with van der Waals surface area (Å²) in [5, 5.41) is 14.4. The number of amides is 1. The summed E-state index contributed by atoms with van der Waals surface area (Å²) < 4.78 is 6.16. The van der Waals surface area contributed by atoms with Gasteiger partial charge in [-0.1, -0.05) is 36.5 Å². The van der Waals surface area contributed by atoms with E-state index in [4.69, 9.17) is 20.3 Å². The van der Waals surface area contributed by atoms with Crippen LogP contribution < -0.4 is 16.3 Å². The van der Waals surface area contributed by atoms with Crippen molar-refractivity contribution in [1.82, 2.24) is 14.9 Å². The molecule has 3 aromatic rings. The van der Waals surface area contributed by atoms with Gasteiger partial charge in [0.25, 0.3) is 13.6 Å². The van der Waals surface area contributed by atoms with E-state index in [1.54, 1.807) is 34.2 Å². The second kappa shape index (κ2) is 22.6. The van der Waals surface area contributed by atoms with Crippen LogP contribution in [0.5, 0.6) is 0 Å². The zero-order valence-corrected chi connectivity index (χ0v) is 21.0. The number of anilines is 2. The van der Waals surface area contributed by atoms with Crippen LogP contribution in [0, 0.1) is 13.5 Å². The second-order valence-electron chi connectivity index (χ2n) is 6.56. The van der Waals surface area contributed by atoms with Crippen molar-refractivity contribution in [3.63, 3.8) is 0 Å². The van der Waals surface area contributed by atoms with Crippen molar-refractivity contribution in [2.24, 2.45) is 0 Å². The Balaban J connectivity index is -0.000000457. The number of carbonyl (C=O) groups excluding carboxylic acids is 3. The highest BCUT2D eigenvalue weighted by atomic mass is 16.4. The summed E-state index contributed by atoms with van der Waals surface area (Å²) in [5.74, 6) is 0.848. The standard InChI is InChI=1S/C11H13N3O.C7H11BN2O.C2H4N.C2H6O.CO2.CH4/c1-8-13-9-5-3-4-6-10(9)14(8)7-11(15)12-2;1-8(11)10-7-5-3-2-4-6(7)9;2*1-3-2;2-1-3;/h3-6H,7H2,1-2H3,(H,12,15);2-5,10-11H,9H2,1H3;1H,2H3;1-2H3;;1H4/q;;+1;;;. The van der Waals surface area contributed by atoms with E-state index in [0.717, 1.165) is 22.5 Å². The minimum atomic E-state index is -0.570. The van der Waals surface area contributed by atoms with E-state index in [2.05, 4.69) is 31.7 Å². The third kappa shape index (κ3) is 15.6. The molecule has 36 heavy (non-hydrogen) atoms. The lowest BCUT2D eigenvalue weighted by Crippen LogP contribution is -2.23. The molecule has 0 bridgehead atoms. The smallest absolute Gasteiger partial charge is 0.406 e. The molecular formula is C24H38BN6O5+. The van der Waals surface area contributed by atoms with Crippen LogP contribution in [0.15, 0.2) is 48.5 Å². The minimum Gasteiger partial charge on any atom is -0.433 e. The van der Waals surface area contributed by atoms with Crippen LogP contribution in [-0.2, 0) is 25.7 Å². The molecule has 3 rings (SSSR count). The molecule has 1 amide bonds. The van der Waals surface area contributed by atoms with Gasteiger partial charge in [-0.2, -0.15) is 9.59 Å². The molecule has 196 valence electrons. The van der Waals surface area contributed by atoms with E-state index >= 15 is 0 Å². The van der Waals surface area contributed by atoms with Gasteiger partial charge in [-0.05, 0) is 38.0 Å². The van der Waals surface area contributed by atoms with E-state index in [0.29, 0.717) is 12.2 Å². The van der Waals surface area contributed by atoms with Crippen LogP contribution in [-0.4, -0.2) is 62.0 Å². The molecule has 1 aromatic heterocycles. The molecular weight excluding hydrogens is 463 g/mol. The Hall–Kier alpha value is -4.17. The van der Waals surface area contributed by atoms with Gasteiger partial charge in [-0.15, -0.1) is 0 Å². The number of para-hydroxylation sites is 4. The van der Waals surface area contributed by atoms with Gasteiger partial charge in [0.2, 0.25) is 5.91 Å². The Bertz CT molecular complexity index is 1080. The van der Waals surface area contributed by atoms with Crippen molar-refractivity contribution in [2.75, 3.05) is 39.3 Å². The van der Waals surface area contributed by atoms with Crippen LogP contribution in [0.4, 0.5) is 11.4 Å². The lowest BCUT2D eigenvalue weighted by molar-refractivity contribution is -0.191. The zero-order valence-electron chi connectivity index (χ0n) is 21.0. The number of likely N-dealkylation sites (N-methyl/N-ethyl adjacent to an activating group) is 1. The summed E-state index contributed by atoms with van der Waals surface area (Å²) >= 11 is 0. The van der Waals surface area contributed by atoms with Gasteiger partial charge in [0.1, 0.15) is 12.4 Å². The van der Waals surface area contributed by atoms with Crippen LogP contribution >= 0.6 is 0 Å². The van der Waals surface area contributed by atoms with Crippen molar-refractivity contribution in [1.29, 1.82) is 0 Å². The van der Waals surface area contributed by atoms with Gasteiger partial charge < -0.3 is 30.6 Å². The van der Waals surface area contributed by atoms with Crippen molar-refractivity contribution >= 4 is 41.5 Å². The van der Waals surface area contributed by atoms with E-state index in [9.17, 15) is 4.79 Å².